The number of nitrogens with zero attached hydrogens (tertiary/aromatic N) is 2. The minimum atomic E-state index is -4.13. The van der Waals surface area contributed by atoms with Crippen molar-refractivity contribution in [2.75, 3.05) is 5.32 Å². The van der Waals surface area contributed by atoms with Crippen molar-refractivity contribution in [3.63, 3.8) is 0 Å². The van der Waals surface area contributed by atoms with Gasteiger partial charge in [0, 0.05) is 11.1 Å². The third-order valence-electron chi connectivity index (χ3n) is 2.09. The van der Waals surface area contributed by atoms with Crippen molar-refractivity contribution in [2.24, 2.45) is 5.14 Å². The second-order valence-electron chi connectivity index (χ2n) is 3.43. The quantitative estimate of drug-likeness (QED) is 0.860. The lowest BCUT2D eigenvalue weighted by atomic mass is 10.3. The van der Waals surface area contributed by atoms with Gasteiger partial charge in [0.25, 0.3) is 5.91 Å². The molecule has 0 spiro atoms. The molecular formula is C9H7FN4O3S2. The molecule has 1 aromatic carbocycles. The largest absolute Gasteiger partial charge is 0.320 e. The number of hydrogen-bond donors (Lipinski definition) is 2. The predicted molar refractivity (Wildman–Crippen MR) is 65.6 cm³/mol. The highest BCUT2D eigenvalue weighted by Gasteiger charge is 2.16. The molecule has 0 fully saturated rings. The lowest BCUT2D eigenvalue weighted by Gasteiger charge is -2.05. The van der Waals surface area contributed by atoms with Gasteiger partial charge in [0.15, 0.2) is 5.69 Å². The highest BCUT2D eigenvalue weighted by molar-refractivity contribution is 7.89. The predicted octanol–water partition coefficient (Wildman–Crippen LogP) is 0.577. The minimum absolute atomic E-state index is 0.0842. The van der Waals surface area contributed by atoms with Gasteiger partial charge in [-0.15, -0.1) is 5.10 Å². The first-order valence-corrected chi connectivity index (χ1v) is 7.17. The van der Waals surface area contributed by atoms with Gasteiger partial charge in [0.05, 0.1) is 0 Å². The number of sulfonamides is 1. The molecule has 2 rings (SSSR count). The normalized spacial score (nSPS) is 11.3. The van der Waals surface area contributed by atoms with Crippen molar-refractivity contribution in [3.8, 4) is 0 Å². The van der Waals surface area contributed by atoms with Crippen molar-refractivity contribution in [3.05, 3.63) is 35.1 Å². The molecule has 3 N–H and O–H groups in total. The van der Waals surface area contributed by atoms with E-state index in [1.54, 1.807) is 0 Å². The molecule has 0 unspecified atom stereocenters. The summed E-state index contributed by atoms with van der Waals surface area (Å²) in [5.41, 5.74) is 0.170. The van der Waals surface area contributed by atoms with Crippen LogP contribution in [0.2, 0.25) is 0 Å². The molecule has 1 amide bonds. The van der Waals surface area contributed by atoms with Gasteiger partial charge in [-0.05, 0) is 29.7 Å². The first-order chi connectivity index (χ1) is 8.88. The van der Waals surface area contributed by atoms with Crippen LogP contribution in [0.3, 0.4) is 0 Å². The standard InChI is InChI=1S/C9H7FN4O3S2/c10-6-3-5(1-2-8(6)19(11,16)17)12-9(15)7-4-18-14-13-7/h1-4H,(H,12,15)(H2,11,16,17). The van der Waals surface area contributed by atoms with Crippen LogP contribution in [-0.2, 0) is 10.0 Å². The maximum absolute atomic E-state index is 13.5. The van der Waals surface area contributed by atoms with E-state index in [2.05, 4.69) is 14.9 Å². The fourth-order valence-electron chi connectivity index (χ4n) is 1.27. The molecule has 10 heteroatoms. The van der Waals surface area contributed by atoms with Crippen molar-refractivity contribution in [1.82, 2.24) is 9.59 Å². The van der Waals surface area contributed by atoms with E-state index in [9.17, 15) is 17.6 Å². The van der Waals surface area contributed by atoms with Gasteiger partial charge in [0.1, 0.15) is 10.7 Å². The van der Waals surface area contributed by atoms with Crippen molar-refractivity contribution < 1.29 is 17.6 Å². The molecule has 0 aliphatic rings. The molecular weight excluding hydrogens is 295 g/mol. The summed E-state index contributed by atoms with van der Waals surface area (Å²) in [5.74, 6) is -1.62. The fourth-order valence-corrected chi connectivity index (χ4v) is 2.29. The van der Waals surface area contributed by atoms with Gasteiger partial charge < -0.3 is 5.32 Å². The van der Waals surface area contributed by atoms with E-state index < -0.39 is 26.6 Å². The summed E-state index contributed by atoms with van der Waals surface area (Å²) in [4.78, 5) is 11.0. The maximum atomic E-state index is 13.5. The topological polar surface area (TPSA) is 115 Å². The van der Waals surface area contributed by atoms with E-state index in [1.807, 2.05) is 0 Å². The van der Waals surface area contributed by atoms with Crippen LogP contribution in [0.5, 0.6) is 0 Å². The van der Waals surface area contributed by atoms with Crippen LogP contribution in [0.4, 0.5) is 10.1 Å². The summed E-state index contributed by atoms with van der Waals surface area (Å²) in [7, 11) is -4.13. The number of nitrogens with one attached hydrogen (secondary N) is 1. The van der Waals surface area contributed by atoms with Gasteiger partial charge in [-0.1, -0.05) is 4.49 Å². The molecule has 7 nitrogen and oxygen atoms in total. The van der Waals surface area contributed by atoms with Gasteiger partial charge >= 0.3 is 0 Å². The molecule has 0 aliphatic heterocycles. The van der Waals surface area contributed by atoms with Gasteiger partial charge in [-0.25, -0.2) is 17.9 Å². The summed E-state index contributed by atoms with van der Waals surface area (Å²) in [6, 6.07) is 3.05. The summed E-state index contributed by atoms with van der Waals surface area (Å²) in [5, 5.41) is 12.1. The van der Waals surface area contributed by atoms with Crippen LogP contribution in [0.25, 0.3) is 0 Å². The molecule has 19 heavy (non-hydrogen) atoms. The number of nitrogens with two attached hydrogens (primary N) is 1. The van der Waals surface area contributed by atoms with Crippen molar-refractivity contribution in [1.29, 1.82) is 0 Å². The lowest BCUT2D eigenvalue weighted by molar-refractivity contribution is 0.102. The van der Waals surface area contributed by atoms with Gasteiger partial charge in [-0.2, -0.15) is 0 Å². The first-order valence-electron chi connectivity index (χ1n) is 4.78. The molecule has 0 radical (unpaired) electrons. The Hall–Kier alpha value is -1.91. The van der Waals surface area contributed by atoms with Crippen molar-refractivity contribution in [2.45, 2.75) is 4.90 Å². The number of carbonyl (C=O) groups is 1. The number of anilines is 1. The van der Waals surface area contributed by atoms with Crippen LogP contribution in [0.15, 0.2) is 28.5 Å². The van der Waals surface area contributed by atoms with Gasteiger partial charge in [0.2, 0.25) is 10.0 Å². The van der Waals surface area contributed by atoms with E-state index in [0.29, 0.717) is 0 Å². The zero-order valence-electron chi connectivity index (χ0n) is 9.20. The summed E-state index contributed by atoms with van der Waals surface area (Å²) in [6.45, 7) is 0. The second-order valence-corrected chi connectivity index (χ2v) is 5.57. The Morgan fingerprint density at radius 2 is 2.16 bits per heavy atom. The molecule has 0 aliphatic carbocycles. The van der Waals surface area contributed by atoms with Crippen LogP contribution in [0.1, 0.15) is 10.5 Å². The average Bonchev–Trinajstić information content (AvgIpc) is 2.80. The average molecular weight is 302 g/mol. The molecule has 1 aromatic heterocycles. The number of aromatic nitrogens is 2. The zero-order chi connectivity index (χ0) is 14.0. The number of carbonyl (C=O) groups excluding carboxylic acids is 1. The van der Waals surface area contributed by atoms with Gasteiger partial charge in [-0.3, -0.25) is 4.79 Å². The van der Waals surface area contributed by atoms with E-state index in [4.69, 9.17) is 5.14 Å². The minimum Gasteiger partial charge on any atom is -0.320 e. The molecule has 0 saturated carbocycles. The fraction of sp³-hybridized carbons (Fsp3) is 0. The Balaban J connectivity index is 2.24. The Morgan fingerprint density at radius 1 is 1.42 bits per heavy atom. The van der Waals surface area contributed by atoms with E-state index in [1.165, 1.54) is 11.4 Å². The smallest absolute Gasteiger partial charge is 0.277 e. The number of amides is 1. The van der Waals surface area contributed by atoms with E-state index in [-0.39, 0.29) is 11.4 Å². The van der Waals surface area contributed by atoms with Crippen LogP contribution < -0.4 is 10.5 Å². The molecule has 1 heterocycles. The number of benzene rings is 1. The lowest BCUT2D eigenvalue weighted by Crippen LogP contribution is -2.15. The number of hydrogen-bond acceptors (Lipinski definition) is 6. The highest BCUT2D eigenvalue weighted by Crippen LogP contribution is 2.18. The summed E-state index contributed by atoms with van der Waals surface area (Å²) < 4.78 is 39.0. The molecule has 0 saturated heterocycles. The summed E-state index contributed by atoms with van der Waals surface area (Å²) >= 11 is 0.996. The SMILES string of the molecule is NS(=O)(=O)c1ccc(NC(=O)c2csnn2)cc1F. The Bertz CT molecular complexity index is 715. The first kappa shape index (κ1) is 13.5. The van der Waals surface area contributed by atoms with E-state index >= 15 is 0 Å². The number of primary sulfonamides is 1. The molecule has 100 valence electrons. The van der Waals surface area contributed by atoms with Crippen LogP contribution in [-0.4, -0.2) is 23.9 Å². The Kier molecular flexibility index (Phi) is 3.55. The molecule has 0 atom stereocenters. The Labute approximate surface area is 111 Å². The zero-order valence-corrected chi connectivity index (χ0v) is 10.8. The number of rotatable bonds is 3. The second kappa shape index (κ2) is 4.99. The highest BCUT2D eigenvalue weighted by atomic mass is 32.2. The third kappa shape index (κ3) is 3.10. The van der Waals surface area contributed by atoms with E-state index in [0.717, 1.165) is 23.7 Å². The maximum Gasteiger partial charge on any atom is 0.277 e. The van der Waals surface area contributed by atoms with Crippen molar-refractivity contribution >= 4 is 33.2 Å². The number of halogens is 1. The molecule has 2 aromatic rings. The third-order valence-corrected chi connectivity index (χ3v) is 3.54. The van der Waals surface area contributed by atoms with Crippen LogP contribution >= 0.6 is 11.5 Å². The Morgan fingerprint density at radius 3 is 2.68 bits per heavy atom. The monoisotopic (exact) mass is 302 g/mol. The molecule has 0 bridgehead atoms. The van der Waals surface area contributed by atoms with Crippen LogP contribution in [0, 0.1) is 5.82 Å². The summed E-state index contributed by atoms with van der Waals surface area (Å²) in [6.07, 6.45) is 0.